The maximum atomic E-state index is 12.3. The molecule has 2 N–H and O–H groups in total. The Balaban J connectivity index is 2.05. The lowest BCUT2D eigenvalue weighted by atomic mass is 10.2. The summed E-state index contributed by atoms with van der Waals surface area (Å²) in [6.07, 6.45) is 0. The van der Waals surface area contributed by atoms with Crippen LogP contribution in [0.2, 0.25) is 0 Å². The van der Waals surface area contributed by atoms with E-state index in [0.717, 1.165) is 0 Å². The number of amides is 3. The highest BCUT2D eigenvalue weighted by Gasteiger charge is 2.16. The van der Waals surface area contributed by atoms with Crippen LogP contribution in [0.4, 0.5) is 17.1 Å². The monoisotopic (exact) mass is 355 g/mol. The summed E-state index contributed by atoms with van der Waals surface area (Å²) >= 11 is 0. The molecular weight excluding hydrogens is 334 g/mol. The fraction of sp³-hybridized carbons (Fsp3) is 0.211. The molecule has 2 rings (SSSR count). The highest BCUT2D eigenvalue weighted by atomic mass is 16.5. The number of methoxy groups -OCH3 is 1. The third kappa shape index (κ3) is 5.34. The second-order valence-corrected chi connectivity index (χ2v) is 5.61. The zero-order valence-corrected chi connectivity index (χ0v) is 14.9. The van der Waals surface area contributed by atoms with E-state index in [9.17, 15) is 14.4 Å². The van der Waals surface area contributed by atoms with Crippen LogP contribution in [0, 0.1) is 0 Å². The van der Waals surface area contributed by atoms with E-state index >= 15 is 0 Å². The van der Waals surface area contributed by atoms with Gasteiger partial charge in [-0.1, -0.05) is 6.07 Å². The summed E-state index contributed by atoms with van der Waals surface area (Å²) in [7, 11) is 1.54. The summed E-state index contributed by atoms with van der Waals surface area (Å²) in [4.78, 5) is 36.6. The molecule has 0 spiro atoms. The van der Waals surface area contributed by atoms with Crippen LogP contribution in [0.5, 0.6) is 5.75 Å². The second-order valence-electron chi connectivity index (χ2n) is 5.61. The molecule has 0 aromatic heterocycles. The SMILES string of the molecule is COc1cccc(N(CC(=O)Nc2ccc(NC(C)=O)cc2)C(C)=O)c1. The quantitative estimate of drug-likeness (QED) is 0.834. The summed E-state index contributed by atoms with van der Waals surface area (Å²) in [5.74, 6) is -0.162. The van der Waals surface area contributed by atoms with E-state index in [-0.39, 0.29) is 24.3 Å². The van der Waals surface area contributed by atoms with Crippen LogP contribution in [-0.2, 0) is 14.4 Å². The first-order chi connectivity index (χ1) is 12.4. The number of rotatable bonds is 6. The van der Waals surface area contributed by atoms with Crippen molar-refractivity contribution in [2.45, 2.75) is 13.8 Å². The van der Waals surface area contributed by atoms with E-state index in [1.165, 1.54) is 25.9 Å². The number of carbonyl (C=O) groups excluding carboxylic acids is 3. The molecule has 136 valence electrons. The van der Waals surface area contributed by atoms with Gasteiger partial charge in [0.2, 0.25) is 17.7 Å². The second kappa shape index (κ2) is 8.66. The largest absolute Gasteiger partial charge is 0.497 e. The topological polar surface area (TPSA) is 87.7 Å². The van der Waals surface area contributed by atoms with Crippen molar-refractivity contribution in [3.8, 4) is 5.75 Å². The summed E-state index contributed by atoms with van der Waals surface area (Å²) in [6.45, 7) is 2.69. The van der Waals surface area contributed by atoms with Crippen LogP contribution in [-0.4, -0.2) is 31.4 Å². The van der Waals surface area contributed by atoms with Gasteiger partial charge in [-0.3, -0.25) is 14.4 Å². The van der Waals surface area contributed by atoms with Gasteiger partial charge in [0.25, 0.3) is 0 Å². The van der Waals surface area contributed by atoms with Gasteiger partial charge in [-0.15, -0.1) is 0 Å². The molecule has 0 radical (unpaired) electrons. The van der Waals surface area contributed by atoms with E-state index in [1.807, 2.05) is 0 Å². The summed E-state index contributed by atoms with van der Waals surface area (Å²) in [6, 6.07) is 13.7. The predicted octanol–water partition coefficient (Wildman–Crippen LogP) is 2.65. The van der Waals surface area contributed by atoms with Crippen molar-refractivity contribution in [3.63, 3.8) is 0 Å². The highest BCUT2D eigenvalue weighted by molar-refractivity contribution is 6.02. The normalized spacial score (nSPS) is 9.96. The van der Waals surface area contributed by atoms with E-state index in [1.54, 1.807) is 48.5 Å². The Morgan fingerprint density at radius 3 is 2.12 bits per heavy atom. The van der Waals surface area contributed by atoms with Crippen LogP contribution in [0.25, 0.3) is 0 Å². The molecule has 0 aliphatic carbocycles. The van der Waals surface area contributed by atoms with Gasteiger partial charge in [-0.05, 0) is 36.4 Å². The first-order valence-electron chi connectivity index (χ1n) is 7.98. The molecule has 26 heavy (non-hydrogen) atoms. The van der Waals surface area contributed by atoms with Crippen LogP contribution in [0.1, 0.15) is 13.8 Å². The van der Waals surface area contributed by atoms with E-state index in [4.69, 9.17) is 4.74 Å². The third-order valence-electron chi connectivity index (χ3n) is 3.54. The number of benzene rings is 2. The van der Waals surface area contributed by atoms with Crippen molar-refractivity contribution < 1.29 is 19.1 Å². The Kier molecular flexibility index (Phi) is 6.32. The van der Waals surface area contributed by atoms with Gasteiger partial charge in [-0.25, -0.2) is 0 Å². The van der Waals surface area contributed by atoms with E-state index in [2.05, 4.69) is 10.6 Å². The molecule has 0 aliphatic rings. The Morgan fingerprint density at radius 1 is 0.962 bits per heavy atom. The Hall–Kier alpha value is -3.35. The number of carbonyl (C=O) groups is 3. The molecule has 0 fully saturated rings. The van der Waals surface area contributed by atoms with Gasteiger partial charge in [-0.2, -0.15) is 0 Å². The van der Waals surface area contributed by atoms with Gasteiger partial charge in [0, 0.05) is 37.0 Å². The smallest absolute Gasteiger partial charge is 0.244 e. The lowest BCUT2D eigenvalue weighted by molar-refractivity contribution is -0.120. The minimum absolute atomic E-state index is 0.129. The van der Waals surface area contributed by atoms with Crippen LogP contribution < -0.4 is 20.3 Å². The molecule has 7 nitrogen and oxygen atoms in total. The zero-order valence-electron chi connectivity index (χ0n) is 14.9. The van der Waals surface area contributed by atoms with Crippen LogP contribution in [0.3, 0.4) is 0 Å². The lowest BCUT2D eigenvalue weighted by Crippen LogP contribution is -2.36. The van der Waals surface area contributed by atoms with Crippen molar-refractivity contribution in [1.29, 1.82) is 0 Å². The standard InChI is InChI=1S/C19H21N3O4/c1-13(23)20-15-7-9-16(10-8-15)21-19(25)12-22(14(2)24)17-5-4-6-18(11-17)26-3/h4-11H,12H2,1-3H3,(H,20,23)(H,21,25). The number of anilines is 3. The van der Waals surface area contributed by atoms with Crippen molar-refractivity contribution in [1.82, 2.24) is 0 Å². The van der Waals surface area contributed by atoms with E-state index in [0.29, 0.717) is 22.8 Å². The molecule has 7 heteroatoms. The molecule has 0 unspecified atom stereocenters. The highest BCUT2D eigenvalue weighted by Crippen LogP contribution is 2.21. The molecule has 2 aromatic carbocycles. The molecule has 0 bridgehead atoms. The molecule has 0 saturated carbocycles. The summed E-state index contributed by atoms with van der Waals surface area (Å²) in [5.41, 5.74) is 1.78. The lowest BCUT2D eigenvalue weighted by Gasteiger charge is -2.21. The van der Waals surface area contributed by atoms with Gasteiger partial charge in [0.1, 0.15) is 12.3 Å². The number of ether oxygens (including phenoxy) is 1. The summed E-state index contributed by atoms with van der Waals surface area (Å²) < 4.78 is 5.16. The molecule has 3 amide bonds. The average Bonchev–Trinajstić information content (AvgIpc) is 2.60. The molecule has 2 aromatic rings. The number of hydrogen-bond acceptors (Lipinski definition) is 4. The molecular formula is C19H21N3O4. The molecule has 0 heterocycles. The predicted molar refractivity (Wildman–Crippen MR) is 100 cm³/mol. The number of nitrogens with one attached hydrogen (secondary N) is 2. The van der Waals surface area contributed by atoms with Gasteiger partial charge >= 0.3 is 0 Å². The summed E-state index contributed by atoms with van der Waals surface area (Å²) in [5, 5.41) is 5.38. The van der Waals surface area contributed by atoms with E-state index < -0.39 is 0 Å². The number of hydrogen-bond donors (Lipinski definition) is 2. The first kappa shape index (κ1) is 19.0. The minimum Gasteiger partial charge on any atom is -0.497 e. The fourth-order valence-electron chi connectivity index (χ4n) is 2.35. The molecule has 0 aliphatic heterocycles. The maximum Gasteiger partial charge on any atom is 0.244 e. The van der Waals surface area contributed by atoms with Crippen LogP contribution in [0.15, 0.2) is 48.5 Å². The average molecular weight is 355 g/mol. The van der Waals surface area contributed by atoms with Gasteiger partial charge in [0.05, 0.1) is 7.11 Å². The zero-order chi connectivity index (χ0) is 19.1. The number of nitrogens with zero attached hydrogens (tertiary/aromatic N) is 1. The van der Waals surface area contributed by atoms with Crippen molar-refractivity contribution in [2.75, 3.05) is 29.2 Å². The van der Waals surface area contributed by atoms with Gasteiger partial charge in [0.15, 0.2) is 0 Å². The van der Waals surface area contributed by atoms with Crippen molar-refractivity contribution >= 4 is 34.8 Å². The van der Waals surface area contributed by atoms with Crippen LogP contribution >= 0.6 is 0 Å². The van der Waals surface area contributed by atoms with Crippen molar-refractivity contribution in [2.24, 2.45) is 0 Å². The fourth-order valence-corrected chi connectivity index (χ4v) is 2.35. The van der Waals surface area contributed by atoms with Crippen molar-refractivity contribution in [3.05, 3.63) is 48.5 Å². The minimum atomic E-state index is -0.338. The maximum absolute atomic E-state index is 12.3. The molecule has 0 atom stereocenters. The third-order valence-corrected chi connectivity index (χ3v) is 3.54. The van der Waals surface area contributed by atoms with Gasteiger partial charge < -0.3 is 20.3 Å². The Labute approximate surface area is 152 Å². The Bertz CT molecular complexity index is 803. The molecule has 0 saturated heterocycles. The Morgan fingerprint density at radius 2 is 1.58 bits per heavy atom. The first-order valence-corrected chi connectivity index (χ1v) is 7.98.